The van der Waals surface area contributed by atoms with Crippen molar-refractivity contribution < 1.29 is 17.9 Å². The highest BCUT2D eigenvalue weighted by Crippen LogP contribution is 1.73. The summed E-state index contributed by atoms with van der Waals surface area (Å²) >= 11 is 0. The van der Waals surface area contributed by atoms with Gasteiger partial charge in [0.05, 0.1) is 19.4 Å². The first kappa shape index (κ1) is 12.3. The molecule has 7 heteroatoms. The summed E-state index contributed by atoms with van der Waals surface area (Å²) in [6, 6.07) is 0. The topological polar surface area (TPSA) is 84.5 Å². The Morgan fingerprint density at radius 1 is 1.46 bits per heavy atom. The molecule has 6 nitrogen and oxygen atoms in total. The molecule has 0 aliphatic heterocycles. The van der Waals surface area contributed by atoms with Crippen LogP contribution < -0.4 is 10.0 Å². The number of nitrogens with one attached hydrogen (secondary N) is 2. The number of rotatable bonds is 6. The SMILES string of the molecule is COCCNCC(=O)NS(C)(=O)=O. The second-order valence-corrected chi connectivity index (χ2v) is 4.22. The van der Waals surface area contributed by atoms with Gasteiger partial charge in [-0.05, 0) is 0 Å². The van der Waals surface area contributed by atoms with E-state index in [1.54, 1.807) is 0 Å². The zero-order valence-electron chi connectivity index (χ0n) is 7.66. The summed E-state index contributed by atoms with van der Waals surface area (Å²) in [5, 5.41) is 2.71. The largest absolute Gasteiger partial charge is 0.383 e. The van der Waals surface area contributed by atoms with Gasteiger partial charge < -0.3 is 10.1 Å². The van der Waals surface area contributed by atoms with Crippen molar-refractivity contribution in [3.8, 4) is 0 Å². The molecule has 0 spiro atoms. The monoisotopic (exact) mass is 210 g/mol. The van der Waals surface area contributed by atoms with Crippen LogP contribution in [-0.4, -0.2) is 47.4 Å². The van der Waals surface area contributed by atoms with Crippen LogP contribution in [0.3, 0.4) is 0 Å². The fraction of sp³-hybridized carbons (Fsp3) is 0.833. The molecule has 0 radical (unpaired) electrons. The van der Waals surface area contributed by atoms with Gasteiger partial charge in [0.15, 0.2) is 0 Å². The molecule has 0 aliphatic carbocycles. The van der Waals surface area contributed by atoms with Crippen molar-refractivity contribution in [2.24, 2.45) is 0 Å². The molecule has 0 saturated carbocycles. The Morgan fingerprint density at radius 2 is 2.08 bits per heavy atom. The van der Waals surface area contributed by atoms with Gasteiger partial charge in [-0.3, -0.25) is 9.52 Å². The van der Waals surface area contributed by atoms with Crippen LogP contribution in [0.25, 0.3) is 0 Å². The van der Waals surface area contributed by atoms with Gasteiger partial charge in [0.2, 0.25) is 15.9 Å². The number of sulfonamides is 1. The van der Waals surface area contributed by atoms with E-state index in [-0.39, 0.29) is 6.54 Å². The van der Waals surface area contributed by atoms with Gasteiger partial charge in [0.25, 0.3) is 0 Å². The maximum Gasteiger partial charge on any atom is 0.247 e. The van der Waals surface area contributed by atoms with E-state index in [9.17, 15) is 13.2 Å². The zero-order valence-corrected chi connectivity index (χ0v) is 8.48. The lowest BCUT2D eigenvalue weighted by molar-refractivity contribution is -0.118. The van der Waals surface area contributed by atoms with Crippen molar-refractivity contribution in [3.63, 3.8) is 0 Å². The Balaban J connectivity index is 3.53. The van der Waals surface area contributed by atoms with Crippen molar-refractivity contribution in [1.82, 2.24) is 10.0 Å². The van der Waals surface area contributed by atoms with Gasteiger partial charge in [-0.2, -0.15) is 0 Å². The van der Waals surface area contributed by atoms with E-state index < -0.39 is 15.9 Å². The number of hydrogen-bond acceptors (Lipinski definition) is 5. The number of ether oxygens (including phenoxy) is 1. The van der Waals surface area contributed by atoms with Crippen molar-refractivity contribution in [3.05, 3.63) is 0 Å². The maximum absolute atomic E-state index is 10.8. The summed E-state index contributed by atoms with van der Waals surface area (Å²) in [5.74, 6) is -0.571. The van der Waals surface area contributed by atoms with E-state index in [0.29, 0.717) is 13.2 Å². The van der Waals surface area contributed by atoms with E-state index in [0.717, 1.165) is 6.26 Å². The predicted octanol–water partition coefficient (Wildman–Crippen LogP) is -1.70. The Bertz CT molecular complexity index is 249. The van der Waals surface area contributed by atoms with Gasteiger partial charge in [0.1, 0.15) is 0 Å². The van der Waals surface area contributed by atoms with Gasteiger partial charge in [0, 0.05) is 13.7 Å². The Morgan fingerprint density at radius 3 is 2.54 bits per heavy atom. The van der Waals surface area contributed by atoms with Gasteiger partial charge in [-0.25, -0.2) is 8.42 Å². The second kappa shape index (κ2) is 5.90. The minimum Gasteiger partial charge on any atom is -0.383 e. The quantitative estimate of drug-likeness (QED) is 0.510. The number of methoxy groups -OCH3 is 1. The molecule has 0 unspecified atom stereocenters. The zero-order chi connectivity index (χ0) is 10.3. The summed E-state index contributed by atoms with van der Waals surface area (Å²) < 4.78 is 27.6. The Kier molecular flexibility index (Phi) is 5.60. The number of carbonyl (C=O) groups is 1. The molecular weight excluding hydrogens is 196 g/mol. The molecule has 0 aromatic carbocycles. The van der Waals surface area contributed by atoms with Crippen LogP contribution in [-0.2, 0) is 19.6 Å². The third-order valence-electron chi connectivity index (χ3n) is 1.07. The minimum absolute atomic E-state index is 0.0313. The third kappa shape index (κ3) is 9.25. The first-order chi connectivity index (χ1) is 5.95. The Labute approximate surface area is 77.7 Å². The lowest BCUT2D eigenvalue weighted by atomic mass is 10.6. The fourth-order valence-corrected chi connectivity index (χ4v) is 1.10. The van der Waals surface area contributed by atoms with Gasteiger partial charge >= 0.3 is 0 Å². The number of hydrogen-bond donors (Lipinski definition) is 2. The molecular formula is C6H14N2O4S. The fourth-order valence-electron chi connectivity index (χ4n) is 0.619. The molecule has 0 saturated heterocycles. The molecule has 0 atom stereocenters. The highest BCUT2D eigenvalue weighted by Gasteiger charge is 2.06. The average molecular weight is 210 g/mol. The first-order valence-corrected chi connectivity index (χ1v) is 5.55. The highest BCUT2D eigenvalue weighted by molar-refractivity contribution is 7.89. The van der Waals surface area contributed by atoms with Crippen molar-refractivity contribution in [2.75, 3.05) is 33.1 Å². The van der Waals surface area contributed by atoms with Crippen LogP contribution in [0.1, 0.15) is 0 Å². The average Bonchev–Trinajstić information content (AvgIpc) is 1.94. The van der Waals surface area contributed by atoms with Crippen LogP contribution in [0.4, 0.5) is 0 Å². The van der Waals surface area contributed by atoms with Crippen molar-refractivity contribution in [2.45, 2.75) is 0 Å². The molecule has 0 aromatic heterocycles. The Hall–Kier alpha value is -0.660. The number of amides is 1. The molecule has 78 valence electrons. The summed E-state index contributed by atoms with van der Waals surface area (Å²) in [7, 11) is -1.90. The smallest absolute Gasteiger partial charge is 0.247 e. The molecule has 1 amide bonds. The first-order valence-electron chi connectivity index (χ1n) is 3.66. The molecule has 0 heterocycles. The van der Waals surface area contributed by atoms with Crippen LogP contribution in [0.5, 0.6) is 0 Å². The standard InChI is InChI=1S/C6H14N2O4S/c1-12-4-3-7-5-6(9)8-13(2,10)11/h7H,3-5H2,1-2H3,(H,8,9). The predicted molar refractivity (Wildman–Crippen MR) is 47.7 cm³/mol. The van der Waals surface area contributed by atoms with Crippen molar-refractivity contribution in [1.29, 1.82) is 0 Å². The van der Waals surface area contributed by atoms with Crippen molar-refractivity contribution >= 4 is 15.9 Å². The lowest BCUT2D eigenvalue weighted by Crippen LogP contribution is -2.37. The molecule has 0 bridgehead atoms. The molecule has 0 rings (SSSR count). The van der Waals surface area contributed by atoms with E-state index >= 15 is 0 Å². The summed E-state index contributed by atoms with van der Waals surface area (Å²) in [5.41, 5.74) is 0. The normalized spacial score (nSPS) is 11.2. The van der Waals surface area contributed by atoms with Gasteiger partial charge in [-0.15, -0.1) is 0 Å². The highest BCUT2D eigenvalue weighted by atomic mass is 32.2. The molecule has 13 heavy (non-hydrogen) atoms. The molecule has 0 fully saturated rings. The van der Waals surface area contributed by atoms with Crippen LogP contribution >= 0.6 is 0 Å². The molecule has 2 N–H and O–H groups in total. The maximum atomic E-state index is 10.8. The summed E-state index contributed by atoms with van der Waals surface area (Å²) in [6.45, 7) is 0.955. The van der Waals surface area contributed by atoms with Crippen LogP contribution in [0.15, 0.2) is 0 Å². The summed E-state index contributed by atoms with van der Waals surface area (Å²) in [4.78, 5) is 10.8. The molecule has 0 aromatic rings. The van der Waals surface area contributed by atoms with Crippen LogP contribution in [0, 0.1) is 0 Å². The molecule has 0 aliphatic rings. The minimum atomic E-state index is -3.44. The van der Waals surface area contributed by atoms with Crippen LogP contribution in [0.2, 0.25) is 0 Å². The lowest BCUT2D eigenvalue weighted by Gasteiger charge is -2.03. The van der Waals surface area contributed by atoms with E-state index in [1.165, 1.54) is 7.11 Å². The third-order valence-corrected chi connectivity index (χ3v) is 1.67. The summed E-state index contributed by atoms with van der Waals surface area (Å²) in [6.07, 6.45) is 0.931. The van der Waals surface area contributed by atoms with E-state index in [2.05, 4.69) is 5.32 Å². The van der Waals surface area contributed by atoms with Gasteiger partial charge in [-0.1, -0.05) is 0 Å². The number of carbonyl (C=O) groups excluding carboxylic acids is 1. The van der Waals surface area contributed by atoms with E-state index in [1.807, 2.05) is 4.72 Å². The second-order valence-electron chi connectivity index (χ2n) is 2.47. The van der Waals surface area contributed by atoms with E-state index in [4.69, 9.17) is 4.74 Å².